The smallest absolute Gasteiger partial charge is 0.0472 e. The second kappa shape index (κ2) is 6.61. The van der Waals surface area contributed by atoms with Gasteiger partial charge in [0, 0.05) is 23.9 Å². The van der Waals surface area contributed by atoms with Crippen molar-refractivity contribution >= 4 is 0 Å². The molecule has 2 N–H and O–H groups in total. The Morgan fingerprint density at radius 3 is 2.69 bits per heavy atom. The zero-order chi connectivity index (χ0) is 11.9. The first kappa shape index (κ1) is 13.1. The standard InChI is InChI=1S/C13H23N3/c1-13(2,11-15-9-6-8-14-3)12-7-4-5-10-16-12/h4-5,7,10,14-15H,6,8-9,11H2,1-3H3. The summed E-state index contributed by atoms with van der Waals surface area (Å²) in [5.74, 6) is 0. The Labute approximate surface area is 98.7 Å². The molecule has 0 fully saturated rings. The van der Waals surface area contributed by atoms with Gasteiger partial charge in [-0.1, -0.05) is 19.9 Å². The van der Waals surface area contributed by atoms with Crippen LogP contribution in [0.5, 0.6) is 0 Å². The van der Waals surface area contributed by atoms with E-state index in [1.165, 1.54) is 0 Å². The van der Waals surface area contributed by atoms with E-state index in [1.54, 1.807) is 0 Å². The van der Waals surface area contributed by atoms with E-state index >= 15 is 0 Å². The van der Waals surface area contributed by atoms with Gasteiger partial charge in [-0.2, -0.15) is 0 Å². The van der Waals surface area contributed by atoms with E-state index in [9.17, 15) is 0 Å². The number of nitrogens with zero attached hydrogens (tertiary/aromatic N) is 1. The van der Waals surface area contributed by atoms with E-state index in [0.29, 0.717) is 0 Å². The highest BCUT2D eigenvalue weighted by Crippen LogP contribution is 2.19. The molecule has 90 valence electrons. The Morgan fingerprint density at radius 2 is 2.06 bits per heavy atom. The predicted molar refractivity (Wildman–Crippen MR) is 68.7 cm³/mol. The first-order chi connectivity index (χ1) is 7.67. The molecule has 3 heteroatoms. The fraction of sp³-hybridized carbons (Fsp3) is 0.615. The molecular weight excluding hydrogens is 198 g/mol. The number of nitrogens with one attached hydrogen (secondary N) is 2. The molecule has 1 heterocycles. The van der Waals surface area contributed by atoms with Crippen LogP contribution in [0.4, 0.5) is 0 Å². The molecular formula is C13H23N3. The second-order valence-electron chi connectivity index (χ2n) is 4.73. The fourth-order valence-corrected chi connectivity index (χ4v) is 1.64. The molecule has 0 spiro atoms. The van der Waals surface area contributed by atoms with E-state index in [-0.39, 0.29) is 5.41 Å². The summed E-state index contributed by atoms with van der Waals surface area (Å²) >= 11 is 0. The van der Waals surface area contributed by atoms with Gasteiger partial charge in [0.1, 0.15) is 0 Å². The molecule has 0 aliphatic carbocycles. The minimum Gasteiger partial charge on any atom is -0.320 e. The molecule has 0 aliphatic rings. The zero-order valence-electron chi connectivity index (χ0n) is 10.6. The summed E-state index contributed by atoms with van der Waals surface area (Å²) in [4.78, 5) is 4.41. The Kier molecular flexibility index (Phi) is 5.43. The summed E-state index contributed by atoms with van der Waals surface area (Å²) in [6.07, 6.45) is 3.02. The van der Waals surface area contributed by atoms with Gasteiger partial charge < -0.3 is 10.6 Å². The van der Waals surface area contributed by atoms with Crippen LogP contribution in [-0.2, 0) is 5.41 Å². The van der Waals surface area contributed by atoms with Crippen LogP contribution < -0.4 is 10.6 Å². The first-order valence-electron chi connectivity index (χ1n) is 5.93. The van der Waals surface area contributed by atoms with Gasteiger partial charge in [0.15, 0.2) is 0 Å². The van der Waals surface area contributed by atoms with Crippen molar-refractivity contribution in [1.82, 2.24) is 15.6 Å². The lowest BCUT2D eigenvalue weighted by atomic mass is 9.89. The van der Waals surface area contributed by atoms with Gasteiger partial charge in [-0.3, -0.25) is 4.98 Å². The molecule has 0 saturated heterocycles. The molecule has 0 atom stereocenters. The average molecular weight is 221 g/mol. The normalized spacial score (nSPS) is 11.7. The second-order valence-corrected chi connectivity index (χ2v) is 4.73. The molecule has 1 aromatic heterocycles. The van der Waals surface area contributed by atoms with Gasteiger partial charge in [-0.25, -0.2) is 0 Å². The minimum atomic E-state index is 0.0981. The van der Waals surface area contributed by atoms with Crippen molar-refractivity contribution in [3.63, 3.8) is 0 Å². The summed E-state index contributed by atoms with van der Waals surface area (Å²) in [6.45, 7) is 7.53. The topological polar surface area (TPSA) is 37.0 Å². The number of hydrogen-bond donors (Lipinski definition) is 2. The van der Waals surface area contributed by atoms with Crippen LogP contribution in [0, 0.1) is 0 Å². The number of rotatable bonds is 7. The Hall–Kier alpha value is -0.930. The Morgan fingerprint density at radius 1 is 1.25 bits per heavy atom. The van der Waals surface area contributed by atoms with E-state index in [4.69, 9.17) is 0 Å². The molecule has 3 nitrogen and oxygen atoms in total. The van der Waals surface area contributed by atoms with E-state index in [1.807, 2.05) is 25.4 Å². The van der Waals surface area contributed by atoms with Crippen LogP contribution in [0.2, 0.25) is 0 Å². The van der Waals surface area contributed by atoms with Crippen molar-refractivity contribution in [1.29, 1.82) is 0 Å². The van der Waals surface area contributed by atoms with Gasteiger partial charge >= 0.3 is 0 Å². The molecule has 16 heavy (non-hydrogen) atoms. The molecule has 0 bridgehead atoms. The third kappa shape index (κ3) is 4.29. The van der Waals surface area contributed by atoms with Gasteiger partial charge in [0.05, 0.1) is 0 Å². The number of aromatic nitrogens is 1. The van der Waals surface area contributed by atoms with E-state index in [0.717, 1.165) is 31.7 Å². The highest BCUT2D eigenvalue weighted by Gasteiger charge is 2.20. The third-order valence-electron chi connectivity index (χ3n) is 2.71. The van der Waals surface area contributed by atoms with Crippen LogP contribution >= 0.6 is 0 Å². The summed E-state index contributed by atoms with van der Waals surface area (Å²) in [7, 11) is 1.98. The molecule has 0 saturated carbocycles. The Balaban J connectivity index is 2.35. The lowest BCUT2D eigenvalue weighted by Crippen LogP contribution is -2.34. The van der Waals surface area contributed by atoms with Crippen molar-refractivity contribution in [3.8, 4) is 0 Å². The van der Waals surface area contributed by atoms with E-state index < -0.39 is 0 Å². The summed E-state index contributed by atoms with van der Waals surface area (Å²) in [5, 5.41) is 6.62. The quantitative estimate of drug-likeness (QED) is 0.686. The monoisotopic (exact) mass is 221 g/mol. The Bertz CT molecular complexity index is 282. The van der Waals surface area contributed by atoms with Gasteiger partial charge in [-0.05, 0) is 38.7 Å². The number of pyridine rings is 1. The van der Waals surface area contributed by atoms with Crippen LogP contribution in [0.15, 0.2) is 24.4 Å². The van der Waals surface area contributed by atoms with Crippen molar-refractivity contribution in [2.45, 2.75) is 25.7 Å². The molecule has 0 radical (unpaired) electrons. The summed E-state index contributed by atoms with van der Waals surface area (Å²) in [6, 6.07) is 6.10. The maximum atomic E-state index is 4.41. The van der Waals surface area contributed by atoms with Crippen molar-refractivity contribution in [3.05, 3.63) is 30.1 Å². The summed E-state index contributed by atoms with van der Waals surface area (Å²) in [5.41, 5.74) is 1.25. The predicted octanol–water partition coefficient (Wildman–Crippen LogP) is 1.56. The van der Waals surface area contributed by atoms with Crippen molar-refractivity contribution in [2.24, 2.45) is 0 Å². The molecule has 0 aromatic carbocycles. The molecule has 0 unspecified atom stereocenters. The SMILES string of the molecule is CNCCCNCC(C)(C)c1ccccn1. The largest absolute Gasteiger partial charge is 0.320 e. The summed E-state index contributed by atoms with van der Waals surface area (Å²) < 4.78 is 0. The fourth-order valence-electron chi connectivity index (χ4n) is 1.64. The van der Waals surface area contributed by atoms with Crippen LogP contribution in [0.25, 0.3) is 0 Å². The van der Waals surface area contributed by atoms with Crippen molar-refractivity contribution < 1.29 is 0 Å². The number of hydrogen-bond acceptors (Lipinski definition) is 3. The van der Waals surface area contributed by atoms with Crippen LogP contribution in [0.1, 0.15) is 26.0 Å². The highest BCUT2D eigenvalue weighted by molar-refractivity contribution is 5.14. The van der Waals surface area contributed by atoms with Crippen LogP contribution in [-0.4, -0.2) is 31.7 Å². The molecule has 1 rings (SSSR count). The van der Waals surface area contributed by atoms with Gasteiger partial charge in [0.25, 0.3) is 0 Å². The van der Waals surface area contributed by atoms with Gasteiger partial charge in [-0.15, -0.1) is 0 Å². The lowest BCUT2D eigenvalue weighted by Gasteiger charge is -2.24. The molecule has 0 amide bonds. The van der Waals surface area contributed by atoms with Gasteiger partial charge in [0.2, 0.25) is 0 Å². The van der Waals surface area contributed by atoms with Crippen molar-refractivity contribution in [2.75, 3.05) is 26.7 Å². The first-order valence-corrected chi connectivity index (χ1v) is 5.93. The maximum Gasteiger partial charge on any atom is 0.0472 e. The molecule has 1 aromatic rings. The zero-order valence-corrected chi connectivity index (χ0v) is 10.6. The maximum absolute atomic E-state index is 4.41. The third-order valence-corrected chi connectivity index (χ3v) is 2.71. The highest BCUT2D eigenvalue weighted by atomic mass is 14.9. The minimum absolute atomic E-state index is 0.0981. The van der Waals surface area contributed by atoms with E-state index in [2.05, 4.69) is 35.5 Å². The lowest BCUT2D eigenvalue weighted by molar-refractivity contribution is 0.454. The molecule has 0 aliphatic heterocycles. The van der Waals surface area contributed by atoms with Crippen LogP contribution in [0.3, 0.4) is 0 Å². The average Bonchev–Trinajstić information content (AvgIpc) is 2.30.